The molecular weight excluding hydrogens is 255 g/mol. The highest BCUT2D eigenvalue weighted by atomic mass is 19.4. The fraction of sp³-hybridized carbons (Fsp3) is 0.571. The van der Waals surface area contributed by atoms with Crippen molar-refractivity contribution in [2.45, 2.75) is 32.4 Å². The molecule has 0 radical (unpaired) electrons. The van der Waals surface area contributed by atoms with Crippen LogP contribution in [-0.2, 0) is 0 Å². The Bertz CT molecular complexity index is 375. The van der Waals surface area contributed by atoms with Gasteiger partial charge in [-0.3, -0.25) is 0 Å². The smallest absolute Gasteiger partial charge is 0.396 e. The summed E-state index contributed by atoms with van der Waals surface area (Å²) in [4.78, 5) is 0. The Kier molecular flexibility index (Phi) is 5.66. The first kappa shape index (κ1) is 15.8. The zero-order valence-corrected chi connectivity index (χ0v) is 11.2. The normalized spacial score (nSPS) is 15.1. The van der Waals surface area contributed by atoms with Crippen molar-refractivity contribution < 1.29 is 17.9 Å². The molecule has 0 bridgehead atoms. The van der Waals surface area contributed by atoms with Crippen LogP contribution in [0.5, 0.6) is 5.75 Å². The molecule has 0 heterocycles. The Morgan fingerprint density at radius 3 is 2.21 bits per heavy atom. The average Bonchev–Trinajstić information content (AvgIpc) is 2.37. The van der Waals surface area contributed by atoms with Gasteiger partial charge in [-0.2, -0.15) is 13.2 Å². The molecule has 0 fully saturated rings. The van der Waals surface area contributed by atoms with E-state index in [2.05, 4.69) is 13.8 Å². The molecule has 0 aliphatic carbocycles. The van der Waals surface area contributed by atoms with Crippen molar-refractivity contribution in [3.05, 3.63) is 29.8 Å². The topological polar surface area (TPSA) is 35.2 Å². The molecule has 1 aromatic carbocycles. The largest absolute Gasteiger partial charge is 0.493 e. The maximum absolute atomic E-state index is 12.5. The van der Waals surface area contributed by atoms with Gasteiger partial charge in [0, 0.05) is 6.54 Å². The quantitative estimate of drug-likeness (QED) is 0.858. The standard InChI is InChI=1S/C14H20F3NO/c1-3-10(2)11-4-6-13(7-5-11)19-9-12(8-18)14(15,16)17/h4-7,10,12H,3,8-9,18H2,1-2H3. The third kappa shape index (κ3) is 4.74. The lowest BCUT2D eigenvalue weighted by Crippen LogP contribution is -2.35. The van der Waals surface area contributed by atoms with Crippen LogP contribution in [0.4, 0.5) is 13.2 Å². The Morgan fingerprint density at radius 2 is 1.79 bits per heavy atom. The minimum absolute atomic E-state index is 0.431. The Hall–Kier alpha value is -1.23. The molecule has 2 unspecified atom stereocenters. The first-order valence-electron chi connectivity index (χ1n) is 6.38. The molecule has 0 aromatic heterocycles. The second kappa shape index (κ2) is 6.80. The number of ether oxygens (including phenoxy) is 1. The highest BCUT2D eigenvalue weighted by molar-refractivity contribution is 5.29. The lowest BCUT2D eigenvalue weighted by atomic mass is 9.99. The van der Waals surface area contributed by atoms with Gasteiger partial charge in [0.25, 0.3) is 0 Å². The number of hydrogen-bond acceptors (Lipinski definition) is 2. The van der Waals surface area contributed by atoms with E-state index in [1.807, 2.05) is 12.1 Å². The Morgan fingerprint density at radius 1 is 1.21 bits per heavy atom. The van der Waals surface area contributed by atoms with Crippen LogP contribution in [0.2, 0.25) is 0 Å². The van der Waals surface area contributed by atoms with E-state index >= 15 is 0 Å². The first-order valence-corrected chi connectivity index (χ1v) is 6.38. The molecule has 0 spiro atoms. The molecule has 19 heavy (non-hydrogen) atoms. The highest BCUT2D eigenvalue weighted by Gasteiger charge is 2.39. The van der Waals surface area contributed by atoms with E-state index in [0.717, 1.165) is 12.0 Å². The van der Waals surface area contributed by atoms with E-state index in [4.69, 9.17) is 10.5 Å². The van der Waals surface area contributed by atoms with Crippen LogP contribution in [0.1, 0.15) is 31.7 Å². The number of benzene rings is 1. The van der Waals surface area contributed by atoms with Crippen molar-refractivity contribution in [1.29, 1.82) is 0 Å². The zero-order chi connectivity index (χ0) is 14.5. The third-order valence-electron chi connectivity index (χ3n) is 3.26. The minimum atomic E-state index is -4.31. The van der Waals surface area contributed by atoms with Crippen molar-refractivity contribution in [2.24, 2.45) is 11.7 Å². The summed E-state index contributed by atoms with van der Waals surface area (Å²) in [5.41, 5.74) is 6.26. The maximum Gasteiger partial charge on any atom is 0.396 e. The monoisotopic (exact) mass is 275 g/mol. The summed E-state index contributed by atoms with van der Waals surface area (Å²) < 4.78 is 42.6. The molecule has 0 aliphatic heterocycles. The van der Waals surface area contributed by atoms with Gasteiger partial charge in [-0.15, -0.1) is 0 Å². The summed E-state index contributed by atoms with van der Waals surface area (Å²) in [5.74, 6) is -0.752. The van der Waals surface area contributed by atoms with Crippen molar-refractivity contribution in [3.63, 3.8) is 0 Å². The fourth-order valence-electron chi connectivity index (χ4n) is 1.62. The molecule has 108 valence electrons. The van der Waals surface area contributed by atoms with Gasteiger partial charge in [-0.05, 0) is 30.0 Å². The van der Waals surface area contributed by atoms with Gasteiger partial charge in [0.15, 0.2) is 0 Å². The number of halogens is 3. The summed E-state index contributed by atoms with van der Waals surface area (Å²) >= 11 is 0. The maximum atomic E-state index is 12.5. The Balaban J connectivity index is 2.59. The van der Waals surface area contributed by atoms with Gasteiger partial charge in [-0.25, -0.2) is 0 Å². The van der Waals surface area contributed by atoms with Gasteiger partial charge in [0.2, 0.25) is 0 Å². The van der Waals surface area contributed by atoms with Crippen LogP contribution in [0.15, 0.2) is 24.3 Å². The lowest BCUT2D eigenvalue weighted by molar-refractivity contribution is -0.178. The summed E-state index contributed by atoms with van der Waals surface area (Å²) in [6, 6.07) is 7.17. The fourth-order valence-corrected chi connectivity index (χ4v) is 1.62. The molecule has 0 aliphatic rings. The summed E-state index contributed by atoms with van der Waals surface area (Å²) in [6.45, 7) is 3.28. The van der Waals surface area contributed by atoms with Crippen molar-refractivity contribution in [3.8, 4) is 5.75 Å². The summed E-state index contributed by atoms with van der Waals surface area (Å²) in [7, 11) is 0. The van der Waals surface area contributed by atoms with Crippen molar-refractivity contribution in [2.75, 3.05) is 13.2 Å². The van der Waals surface area contributed by atoms with Crippen LogP contribution in [0.25, 0.3) is 0 Å². The highest BCUT2D eigenvalue weighted by Crippen LogP contribution is 2.27. The molecule has 2 atom stereocenters. The van der Waals surface area contributed by atoms with E-state index < -0.39 is 25.2 Å². The second-order valence-corrected chi connectivity index (χ2v) is 4.66. The number of rotatable bonds is 6. The van der Waals surface area contributed by atoms with Gasteiger partial charge in [0.05, 0.1) is 0 Å². The van der Waals surface area contributed by atoms with Crippen LogP contribution in [0, 0.1) is 5.92 Å². The van der Waals surface area contributed by atoms with Crippen molar-refractivity contribution >= 4 is 0 Å². The first-order chi connectivity index (χ1) is 8.88. The molecular formula is C14H20F3NO. The molecule has 1 aromatic rings. The molecule has 0 saturated carbocycles. The molecule has 0 saturated heterocycles. The average molecular weight is 275 g/mol. The number of hydrogen-bond donors (Lipinski definition) is 1. The molecule has 5 heteroatoms. The molecule has 0 amide bonds. The van der Waals surface area contributed by atoms with Crippen LogP contribution >= 0.6 is 0 Å². The third-order valence-corrected chi connectivity index (χ3v) is 3.26. The zero-order valence-electron chi connectivity index (χ0n) is 11.2. The van der Waals surface area contributed by atoms with Crippen LogP contribution in [0.3, 0.4) is 0 Å². The molecule has 2 N–H and O–H groups in total. The second-order valence-electron chi connectivity index (χ2n) is 4.66. The summed E-state index contributed by atoms with van der Waals surface area (Å²) in [6.07, 6.45) is -3.30. The van der Waals surface area contributed by atoms with Crippen LogP contribution in [-0.4, -0.2) is 19.3 Å². The predicted molar refractivity (Wildman–Crippen MR) is 69.2 cm³/mol. The van der Waals surface area contributed by atoms with E-state index in [1.165, 1.54) is 0 Å². The predicted octanol–water partition coefficient (Wildman–Crippen LogP) is 3.72. The van der Waals surface area contributed by atoms with E-state index in [9.17, 15) is 13.2 Å². The van der Waals surface area contributed by atoms with E-state index in [0.29, 0.717) is 11.7 Å². The van der Waals surface area contributed by atoms with Crippen molar-refractivity contribution in [1.82, 2.24) is 0 Å². The minimum Gasteiger partial charge on any atom is -0.493 e. The lowest BCUT2D eigenvalue weighted by Gasteiger charge is -2.19. The van der Waals surface area contributed by atoms with Crippen LogP contribution < -0.4 is 10.5 Å². The Labute approximate surface area is 111 Å². The van der Waals surface area contributed by atoms with E-state index in [-0.39, 0.29) is 0 Å². The molecule has 1 rings (SSSR count). The SMILES string of the molecule is CCC(C)c1ccc(OCC(CN)C(F)(F)F)cc1. The number of alkyl halides is 3. The van der Waals surface area contributed by atoms with E-state index in [1.54, 1.807) is 12.1 Å². The van der Waals surface area contributed by atoms with Gasteiger partial charge < -0.3 is 10.5 Å². The number of nitrogens with two attached hydrogens (primary N) is 1. The summed E-state index contributed by atoms with van der Waals surface area (Å²) in [5, 5.41) is 0. The van der Waals surface area contributed by atoms with Gasteiger partial charge >= 0.3 is 6.18 Å². The van der Waals surface area contributed by atoms with Gasteiger partial charge in [-0.1, -0.05) is 26.0 Å². The van der Waals surface area contributed by atoms with Gasteiger partial charge in [0.1, 0.15) is 18.3 Å². The molecule has 2 nitrogen and oxygen atoms in total.